The van der Waals surface area contributed by atoms with Crippen LogP contribution in [0.15, 0.2) is 11.6 Å². The molecule has 0 aromatic carbocycles. The number of hydrogen-bond acceptors (Lipinski definition) is 4. The Morgan fingerprint density at radius 2 is 2.04 bits per heavy atom. The summed E-state index contributed by atoms with van der Waals surface area (Å²) in [5.41, 5.74) is 0.604. The Morgan fingerprint density at radius 3 is 2.58 bits per heavy atom. The molecule has 2 aliphatic heterocycles. The third-order valence-electron chi connectivity index (χ3n) is 5.76. The zero-order valence-corrected chi connectivity index (χ0v) is 15.5. The Balaban J connectivity index is 1.72. The lowest BCUT2D eigenvalue weighted by molar-refractivity contribution is -0.129. The monoisotopic (exact) mass is 356 g/mol. The van der Waals surface area contributed by atoms with Gasteiger partial charge in [0.15, 0.2) is 0 Å². The average molecular weight is 356 g/mol. The molecule has 0 aromatic rings. The molecule has 0 saturated carbocycles. The first-order chi connectivity index (χ1) is 11.4. The van der Waals surface area contributed by atoms with E-state index in [-0.39, 0.29) is 17.5 Å². The van der Waals surface area contributed by atoms with Crippen molar-refractivity contribution in [2.45, 2.75) is 56.5 Å². The second-order valence-corrected chi connectivity index (χ2v) is 9.20. The first kappa shape index (κ1) is 17.9. The van der Waals surface area contributed by atoms with E-state index >= 15 is 0 Å². The molecule has 3 rings (SSSR count). The summed E-state index contributed by atoms with van der Waals surface area (Å²) in [5, 5.41) is 0. The van der Waals surface area contributed by atoms with Gasteiger partial charge in [-0.1, -0.05) is 6.08 Å². The normalized spacial score (nSPS) is 27.7. The molecule has 3 aliphatic rings. The summed E-state index contributed by atoms with van der Waals surface area (Å²) in [4.78, 5) is 14.5. The number of amides is 1. The highest BCUT2D eigenvalue weighted by molar-refractivity contribution is 7.88. The van der Waals surface area contributed by atoms with Gasteiger partial charge in [0.25, 0.3) is 0 Å². The third kappa shape index (κ3) is 3.26. The average Bonchev–Trinajstić information content (AvgIpc) is 3.16. The minimum atomic E-state index is -3.30. The summed E-state index contributed by atoms with van der Waals surface area (Å²) < 4.78 is 31.7. The molecule has 136 valence electrons. The van der Waals surface area contributed by atoms with Crippen LogP contribution in [0.2, 0.25) is 0 Å². The van der Waals surface area contributed by atoms with Gasteiger partial charge < -0.3 is 9.64 Å². The van der Waals surface area contributed by atoms with Gasteiger partial charge in [0.1, 0.15) is 0 Å². The van der Waals surface area contributed by atoms with Gasteiger partial charge in [0.2, 0.25) is 15.9 Å². The molecule has 1 amide bonds. The maximum Gasteiger partial charge on any atom is 0.249 e. The van der Waals surface area contributed by atoms with Crippen LogP contribution in [0.4, 0.5) is 0 Å². The topological polar surface area (TPSA) is 66.9 Å². The molecular weight excluding hydrogens is 328 g/mol. The van der Waals surface area contributed by atoms with Gasteiger partial charge >= 0.3 is 0 Å². The summed E-state index contributed by atoms with van der Waals surface area (Å²) in [6, 6.07) is -0.0789. The largest absolute Gasteiger partial charge is 0.383 e. The fourth-order valence-corrected chi connectivity index (χ4v) is 6.37. The quantitative estimate of drug-likeness (QED) is 0.766. The van der Waals surface area contributed by atoms with Gasteiger partial charge in [0.05, 0.1) is 12.9 Å². The molecule has 6 nitrogen and oxygen atoms in total. The number of methoxy groups -OCH3 is 1. The molecule has 1 spiro atoms. The maximum atomic E-state index is 12.6. The highest BCUT2D eigenvalue weighted by Gasteiger charge is 2.52. The van der Waals surface area contributed by atoms with Crippen LogP contribution >= 0.6 is 0 Å². The van der Waals surface area contributed by atoms with Crippen molar-refractivity contribution >= 4 is 15.9 Å². The summed E-state index contributed by atoms with van der Waals surface area (Å²) in [6.07, 6.45) is 9.44. The number of sulfonamides is 1. The van der Waals surface area contributed by atoms with E-state index in [4.69, 9.17) is 4.74 Å². The van der Waals surface area contributed by atoms with Crippen molar-refractivity contribution in [2.24, 2.45) is 0 Å². The number of allylic oxidation sites excluding steroid dienone is 1. The molecule has 7 heteroatoms. The van der Waals surface area contributed by atoms with Crippen LogP contribution in [-0.2, 0) is 19.6 Å². The molecule has 2 heterocycles. The molecule has 0 aromatic heterocycles. The molecule has 0 radical (unpaired) electrons. The van der Waals surface area contributed by atoms with Crippen LogP contribution in [0.1, 0.15) is 44.9 Å². The van der Waals surface area contributed by atoms with E-state index in [1.165, 1.54) is 6.26 Å². The van der Waals surface area contributed by atoms with Crippen LogP contribution in [0.25, 0.3) is 0 Å². The van der Waals surface area contributed by atoms with Crippen LogP contribution in [0.5, 0.6) is 0 Å². The Labute approximate surface area is 144 Å². The third-order valence-corrected chi connectivity index (χ3v) is 7.16. The van der Waals surface area contributed by atoms with Crippen molar-refractivity contribution in [2.75, 3.05) is 33.1 Å². The van der Waals surface area contributed by atoms with E-state index in [1.807, 2.05) is 4.90 Å². The summed E-state index contributed by atoms with van der Waals surface area (Å²) in [7, 11) is -1.68. The van der Waals surface area contributed by atoms with Crippen LogP contribution in [-0.4, -0.2) is 68.2 Å². The number of ether oxygens (including phenoxy) is 1. The second kappa shape index (κ2) is 6.77. The summed E-state index contributed by atoms with van der Waals surface area (Å²) in [6.45, 7) is 1.72. The van der Waals surface area contributed by atoms with Crippen molar-refractivity contribution in [3.63, 3.8) is 0 Å². The van der Waals surface area contributed by atoms with Gasteiger partial charge in [-0.15, -0.1) is 0 Å². The number of carbonyl (C=O) groups is 1. The van der Waals surface area contributed by atoms with Crippen LogP contribution in [0.3, 0.4) is 0 Å². The van der Waals surface area contributed by atoms with Crippen molar-refractivity contribution in [1.29, 1.82) is 0 Å². The lowest BCUT2D eigenvalue weighted by Gasteiger charge is -2.45. The van der Waals surface area contributed by atoms with Gasteiger partial charge in [-0.3, -0.25) is 4.79 Å². The summed E-state index contributed by atoms with van der Waals surface area (Å²) in [5.74, 6) is 0.152. The van der Waals surface area contributed by atoms with Crippen LogP contribution < -0.4 is 0 Å². The van der Waals surface area contributed by atoms with E-state index in [0.717, 1.165) is 50.5 Å². The first-order valence-electron chi connectivity index (χ1n) is 8.84. The van der Waals surface area contributed by atoms with Crippen molar-refractivity contribution in [1.82, 2.24) is 9.21 Å². The molecule has 0 N–H and O–H groups in total. The smallest absolute Gasteiger partial charge is 0.249 e. The van der Waals surface area contributed by atoms with Gasteiger partial charge in [-0.2, -0.15) is 4.31 Å². The molecule has 2 fully saturated rings. The van der Waals surface area contributed by atoms with Gasteiger partial charge in [-0.25, -0.2) is 8.42 Å². The minimum absolute atomic E-state index is 0.0789. The predicted octanol–water partition coefficient (Wildman–Crippen LogP) is 1.53. The minimum Gasteiger partial charge on any atom is -0.383 e. The molecule has 2 saturated heterocycles. The Bertz CT molecular complexity index is 621. The standard InChI is InChI=1S/C17H28N2O4S/c1-23-13-15-7-8-17(19(15)24(2,21)22)9-11-18(12-10-17)16(20)14-5-3-4-6-14/h5,15H,3-4,6-13H2,1-2H3/t15-/m1/s1. The molecule has 1 aliphatic carbocycles. The number of likely N-dealkylation sites (tertiary alicyclic amines) is 1. The number of carbonyl (C=O) groups excluding carboxylic acids is 1. The Morgan fingerprint density at radius 1 is 1.33 bits per heavy atom. The zero-order chi connectivity index (χ0) is 17.4. The van der Waals surface area contributed by atoms with Crippen molar-refractivity contribution < 1.29 is 17.9 Å². The van der Waals surface area contributed by atoms with E-state index in [9.17, 15) is 13.2 Å². The molecule has 1 atom stereocenters. The lowest BCUT2D eigenvalue weighted by atomic mass is 9.86. The summed E-state index contributed by atoms with van der Waals surface area (Å²) >= 11 is 0. The SMILES string of the molecule is COC[C@H]1CCC2(CCN(C(=O)C3=CCCC3)CC2)N1S(C)(=O)=O. The molecular formula is C17H28N2O4S. The van der Waals surface area contributed by atoms with Crippen molar-refractivity contribution in [3.8, 4) is 0 Å². The van der Waals surface area contributed by atoms with Crippen molar-refractivity contribution in [3.05, 3.63) is 11.6 Å². The Hall–Kier alpha value is -0.920. The fraction of sp³-hybridized carbons (Fsp3) is 0.824. The van der Waals surface area contributed by atoms with Crippen LogP contribution in [0, 0.1) is 0 Å². The fourth-order valence-electron chi connectivity index (χ4n) is 4.68. The van der Waals surface area contributed by atoms with E-state index in [0.29, 0.717) is 19.7 Å². The zero-order valence-electron chi connectivity index (χ0n) is 14.7. The second-order valence-electron chi connectivity index (χ2n) is 7.34. The lowest BCUT2D eigenvalue weighted by Crippen LogP contribution is -2.57. The maximum absolute atomic E-state index is 12.6. The predicted molar refractivity (Wildman–Crippen MR) is 92.1 cm³/mol. The van der Waals surface area contributed by atoms with E-state index < -0.39 is 10.0 Å². The Kier molecular flexibility index (Phi) is 5.04. The number of hydrogen-bond donors (Lipinski definition) is 0. The number of nitrogens with zero attached hydrogens (tertiary/aromatic N) is 2. The number of rotatable bonds is 4. The molecule has 0 unspecified atom stereocenters. The number of piperidine rings is 1. The highest BCUT2D eigenvalue weighted by Crippen LogP contribution is 2.43. The first-order valence-corrected chi connectivity index (χ1v) is 10.7. The van der Waals surface area contributed by atoms with Gasteiger partial charge in [-0.05, 0) is 44.9 Å². The van der Waals surface area contributed by atoms with E-state index in [2.05, 4.69) is 6.08 Å². The molecule has 0 bridgehead atoms. The van der Waals surface area contributed by atoms with Gasteiger partial charge in [0, 0.05) is 37.4 Å². The molecule has 24 heavy (non-hydrogen) atoms. The van der Waals surface area contributed by atoms with E-state index in [1.54, 1.807) is 11.4 Å². The highest BCUT2D eigenvalue weighted by atomic mass is 32.2.